The van der Waals surface area contributed by atoms with Gasteiger partial charge in [0.2, 0.25) is 0 Å². The summed E-state index contributed by atoms with van der Waals surface area (Å²) in [7, 11) is 0. The Kier molecular flexibility index (Phi) is 15.2. The largest absolute Gasteiger partial charge is 0.378 e. The van der Waals surface area contributed by atoms with Crippen LogP contribution in [0.2, 0.25) is 0 Å². The maximum absolute atomic E-state index is 10.4. The van der Waals surface area contributed by atoms with E-state index in [9.17, 15) is 10.2 Å². The van der Waals surface area contributed by atoms with E-state index in [1.54, 1.807) is 13.8 Å². The van der Waals surface area contributed by atoms with Gasteiger partial charge in [0.05, 0.1) is 0 Å². The summed E-state index contributed by atoms with van der Waals surface area (Å²) in [5.74, 6) is 5.87. The standard InChI is InChI=1S/C24H46O2/c1-5-7-9-11-13-15-17-19-23(3,25)21-22-24(4,26)20-18-16-14-12-10-8-6-2/h25-26H,5-20H2,1-4H3. The SMILES string of the molecule is CCCCCCCCCC(C)(O)C#CC(C)(O)CCCCCCCCC. The van der Waals surface area contributed by atoms with Crippen LogP contribution >= 0.6 is 0 Å². The minimum Gasteiger partial charge on any atom is -0.378 e. The van der Waals surface area contributed by atoms with Crippen LogP contribution in [0, 0.1) is 11.8 Å². The lowest BCUT2D eigenvalue weighted by Gasteiger charge is -2.20. The van der Waals surface area contributed by atoms with Gasteiger partial charge in [-0.3, -0.25) is 0 Å². The molecule has 154 valence electrons. The van der Waals surface area contributed by atoms with Crippen molar-refractivity contribution in [2.75, 3.05) is 0 Å². The van der Waals surface area contributed by atoms with Crippen LogP contribution in [0.3, 0.4) is 0 Å². The summed E-state index contributed by atoms with van der Waals surface area (Å²) in [6.07, 6.45) is 18.7. The second kappa shape index (κ2) is 15.5. The van der Waals surface area contributed by atoms with Crippen LogP contribution < -0.4 is 0 Å². The molecule has 0 spiro atoms. The molecule has 0 aliphatic rings. The van der Waals surface area contributed by atoms with Gasteiger partial charge in [0, 0.05) is 0 Å². The molecule has 0 aromatic rings. The van der Waals surface area contributed by atoms with Gasteiger partial charge < -0.3 is 10.2 Å². The van der Waals surface area contributed by atoms with E-state index in [-0.39, 0.29) is 0 Å². The molecule has 26 heavy (non-hydrogen) atoms. The van der Waals surface area contributed by atoms with Crippen molar-refractivity contribution in [1.82, 2.24) is 0 Å². The molecule has 2 atom stereocenters. The maximum Gasteiger partial charge on any atom is 0.122 e. The van der Waals surface area contributed by atoms with Crippen molar-refractivity contribution in [3.63, 3.8) is 0 Å². The van der Waals surface area contributed by atoms with Crippen molar-refractivity contribution in [2.24, 2.45) is 0 Å². The van der Waals surface area contributed by atoms with Crippen molar-refractivity contribution in [3.8, 4) is 11.8 Å². The smallest absolute Gasteiger partial charge is 0.122 e. The molecule has 0 aromatic heterocycles. The summed E-state index contributed by atoms with van der Waals surface area (Å²) in [5.41, 5.74) is -1.96. The number of hydrogen-bond acceptors (Lipinski definition) is 2. The Bertz CT molecular complexity index is 339. The average molecular weight is 367 g/mol. The van der Waals surface area contributed by atoms with E-state index < -0.39 is 11.2 Å². The molecule has 0 saturated heterocycles. The van der Waals surface area contributed by atoms with Crippen LogP contribution in [0.4, 0.5) is 0 Å². The van der Waals surface area contributed by atoms with Gasteiger partial charge in [-0.25, -0.2) is 0 Å². The van der Waals surface area contributed by atoms with E-state index in [1.807, 2.05) is 0 Å². The second-order valence-corrected chi connectivity index (χ2v) is 8.54. The molecule has 0 saturated carbocycles. The van der Waals surface area contributed by atoms with Crippen LogP contribution in [0.1, 0.15) is 130 Å². The summed E-state index contributed by atoms with van der Waals surface area (Å²) in [6.45, 7) is 8.03. The van der Waals surface area contributed by atoms with Crippen LogP contribution in [-0.4, -0.2) is 21.4 Å². The molecule has 0 aromatic carbocycles. The maximum atomic E-state index is 10.4. The molecule has 0 heterocycles. The first kappa shape index (κ1) is 25.5. The van der Waals surface area contributed by atoms with E-state index in [0.717, 1.165) is 25.7 Å². The van der Waals surface area contributed by atoms with Gasteiger partial charge in [-0.2, -0.15) is 0 Å². The van der Waals surface area contributed by atoms with Gasteiger partial charge in [0.25, 0.3) is 0 Å². The van der Waals surface area contributed by atoms with E-state index in [4.69, 9.17) is 0 Å². The third-order valence-electron chi connectivity index (χ3n) is 5.14. The highest BCUT2D eigenvalue weighted by molar-refractivity contribution is 5.19. The van der Waals surface area contributed by atoms with Crippen LogP contribution in [0.5, 0.6) is 0 Å². The van der Waals surface area contributed by atoms with E-state index in [1.165, 1.54) is 64.2 Å². The van der Waals surface area contributed by atoms with Crippen molar-refractivity contribution >= 4 is 0 Å². The zero-order chi connectivity index (χ0) is 19.7. The molecule has 0 radical (unpaired) electrons. The fourth-order valence-corrected chi connectivity index (χ4v) is 3.25. The molecule has 2 heteroatoms. The van der Waals surface area contributed by atoms with Crippen LogP contribution in [0.25, 0.3) is 0 Å². The number of rotatable bonds is 16. The van der Waals surface area contributed by atoms with E-state index in [0.29, 0.717) is 12.8 Å². The van der Waals surface area contributed by atoms with Gasteiger partial charge in [-0.05, 0) is 39.5 Å². The summed E-state index contributed by atoms with van der Waals surface area (Å²) in [4.78, 5) is 0. The molecule has 0 aliphatic heterocycles. The monoisotopic (exact) mass is 366 g/mol. The van der Waals surface area contributed by atoms with Crippen molar-refractivity contribution in [1.29, 1.82) is 0 Å². The lowest BCUT2D eigenvalue weighted by molar-refractivity contribution is 0.0968. The summed E-state index contributed by atoms with van der Waals surface area (Å²) in [6, 6.07) is 0. The van der Waals surface area contributed by atoms with Gasteiger partial charge in [-0.1, -0.05) is 103 Å². The highest BCUT2D eigenvalue weighted by Crippen LogP contribution is 2.19. The first-order valence-electron chi connectivity index (χ1n) is 11.3. The summed E-state index contributed by atoms with van der Waals surface area (Å²) in [5, 5.41) is 20.9. The quantitative estimate of drug-likeness (QED) is 0.234. The van der Waals surface area contributed by atoms with Crippen LogP contribution in [0.15, 0.2) is 0 Å². The van der Waals surface area contributed by atoms with Crippen molar-refractivity contribution in [3.05, 3.63) is 0 Å². The topological polar surface area (TPSA) is 40.5 Å². The highest BCUT2D eigenvalue weighted by atomic mass is 16.3. The average Bonchev–Trinajstić information content (AvgIpc) is 2.59. The zero-order valence-electron chi connectivity index (χ0n) is 18.2. The fourth-order valence-electron chi connectivity index (χ4n) is 3.25. The molecule has 2 N–H and O–H groups in total. The van der Waals surface area contributed by atoms with Gasteiger partial charge >= 0.3 is 0 Å². The Hall–Kier alpha value is -0.520. The van der Waals surface area contributed by atoms with Crippen molar-refractivity contribution in [2.45, 2.75) is 142 Å². The molecule has 2 nitrogen and oxygen atoms in total. The Morgan fingerprint density at radius 3 is 1.08 bits per heavy atom. The lowest BCUT2D eigenvalue weighted by atomic mass is 9.94. The Balaban J connectivity index is 3.94. The first-order chi connectivity index (χ1) is 12.3. The molecule has 2 unspecified atom stereocenters. The fraction of sp³-hybridized carbons (Fsp3) is 0.917. The van der Waals surface area contributed by atoms with Crippen molar-refractivity contribution < 1.29 is 10.2 Å². The Morgan fingerprint density at radius 2 is 0.769 bits per heavy atom. The summed E-state index contributed by atoms with van der Waals surface area (Å²) >= 11 is 0. The number of hydrogen-bond donors (Lipinski definition) is 2. The van der Waals surface area contributed by atoms with Gasteiger partial charge in [0.15, 0.2) is 0 Å². The van der Waals surface area contributed by atoms with Gasteiger partial charge in [-0.15, -0.1) is 0 Å². The molecule has 0 fully saturated rings. The van der Waals surface area contributed by atoms with E-state index in [2.05, 4.69) is 25.7 Å². The lowest BCUT2D eigenvalue weighted by Crippen LogP contribution is -2.26. The minimum absolute atomic E-state index is 0.696. The van der Waals surface area contributed by atoms with Gasteiger partial charge in [0.1, 0.15) is 11.2 Å². The molecular weight excluding hydrogens is 320 g/mol. The molecule has 0 rings (SSSR count). The Labute approximate surface area is 164 Å². The first-order valence-corrected chi connectivity index (χ1v) is 11.3. The van der Waals surface area contributed by atoms with E-state index >= 15 is 0 Å². The second-order valence-electron chi connectivity index (χ2n) is 8.54. The molecule has 0 amide bonds. The van der Waals surface area contributed by atoms with Crippen LogP contribution in [-0.2, 0) is 0 Å². The third kappa shape index (κ3) is 16.9. The Morgan fingerprint density at radius 1 is 0.500 bits per heavy atom. The number of aliphatic hydroxyl groups is 2. The predicted molar refractivity (Wildman–Crippen MR) is 114 cm³/mol. The molecular formula is C24H46O2. The molecule has 0 aliphatic carbocycles. The number of unbranched alkanes of at least 4 members (excludes halogenated alkanes) is 12. The highest BCUT2D eigenvalue weighted by Gasteiger charge is 2.20. The normalized spacial score (nSPS) is 15.8. The molecule has 0 bridgehead atoms. The minimum atomic E-state index is -0.979. The third-order valence-corrected chi connectivity index (χ3v) is 5.14. The zero-order valence-corrected chi connectivity index (χ0v) is 18.2. The predicted octanol–water partition coefficient (Wildman–Crippen LogP) is 6.77. The summed E-state index contributed by atoms with van der Waals surface area (Å²) < 4.78 is 0.